The molecule has 0 bridgehead atoms. The molecule has 0 aliphatic carbocycles. The number of hydrogen-bond donors (Lipinski definition) is 2. The second-order valence-corrected chi connectivity index (χ2v) is 5.40. The zero-order chi connectivity index (χ0) is 12.8. The molecule has 18 heavy (non-hydrogen) atoms. The van der Waals surface area contributed by atoms with Crippen molar-refractivity contribution in [2.45, 2.75) is 0 Å². The van der Waals surface area contributed by atoms with E-state index in [4.69, 9.17) is 12.2 Å². The second-order valence-electron chi connectivity index (χ2n) is 5.01. The van der Waals surface area contributed by atoms with Crippen molar-refractivity contribution in [3.63, 3.8) is 0 Å². The van der Waals surface area contributed by atoms with Crippen LogP contribution in [-0.2, 0) is 0 Å². The molecule has 0 amide bonds. The Morgan fingerprint density at radius 3 is 2.61 bits per heavy atom. The molecule has 0 radical (unpaired) electrons. The summed E-state index contributed by atoms with van der Waals surface area (Å²) < 4.78 is 26.2. The maximum atomic E-state index is 13.4. The van der Waals surface area contributed by atoms with Crippen LogP contribution in [0.3, 0.4) is 0 Å². The fraction of sp³-hybridized carbons (Fsp3) is 0.417. The topological polar surface area (TPSA) is 27.3 Å². The van der Waals surface area contributed by atoms with Crippen LogP contribution in [0.5, 0.6) is 0 Å². The van der Waals surface area contributed by atoms with Gasteiger partial charge in [0, 0.05) is 37.7 Å². The van der Waals surface area contributed by atoms with Crippen molar-refractivity contribution in [2.75, 3.05) is 31.5 Å². The standard InChI is InChI=1S/C12H13F2N3S/c13-8-1-2-10(9(14)3-8)16-11(18)17-6-12(7-17)4-15-5-12/h1-3,15H,4-7H2,(H,16,18). The molecule has 1 aromatic rings. The molecule has 1 spiro atoms. The van der Waals surface area contributed by atoms with Crippen molar-refractivity contribution in [2.24, 2.45) is 5.41 Å². The highest BCUT2D eigenvalue weighted by molar-refractivity contribution is 7.80. The van der Waals surface area contributed by atoms with Crippen LogP contribution in [0.4, 0.5) is 14.5 Å². The van der Waals surface area contributed by atoms with Crippen LogP contribution >= 0.6 is 12.2 Å². The molecule has 96 valence electrons. The fourth-order valence-corrected chi connectivity index (χ4v) is 2.63. The molecule has 2 fully saturated rings. The molecule has 6 heteroatoms. The molecular weight excluding hydrogens is 256 g/mol. The molecular formula is C12H13F2N3S. The Hall–Kier alpha value is -1.27. The lowest BCUT2D eigenvalue weighted by molar-refractivity contribution is 0.00867. The maximum absolute atomic E-state index is 13.4. The average Bonchev–Trinajstić information content (AvgIpc) is 2.18. The highest BCUT2D eigenvalue weighted by Crippen LogP contribution is 2.34. The van der Waals surface area contributed by atoms with E-state index in [1.165, 1.54) is 12.1 Å². The van der Waals surface area contributed by atoms with E-state index in [2.05, 4.69) is 10.6 Å². The van der Waals surface area contributed by atoms with Gasteiger partial charge in [-0.2, -0.15) is 0 Å². The first kappa shape index (κ1) is 11.8. The Morgan fingerprint density at radius 2 is 2.06 bits per heavy atom. The number of rotatable bonds is 1. The molecule has 0 unspecified atom stereocenters. The number of anilines is 1. The predicted octanol–water partition coefficient (Wildman–Crippen LogP) is 1.57. The first-order valence-corrected chi connectivity index (χ1v) is 6.21. The van der Waals surface area contributed by atoms with Gasteiger partial charge in [-0.3, -0.25) is 0 Å². The van der Waals surface area contributed by atoms with Crippen LogP contribution in [-0.4, -0.2) is 36.2 Å². The van der Waals surface area contributed by atoms with Crippen molar-refractivity contribution in [3.05, 3.63) is 29.8 Å². The van der Waals surface area contributed by atoms with Crippen LogP contribution < -0.4 is 10.6 Å². The van der Waals surface area contributed by atoms with Crippen LogP contribution in [0, 0.1) is 17.0 Å². The molecule has 0 saturated carbocycles. The zero-order valence-corrected chi connectivity index (χ0v) is 10.5. The van der Waals surface area contributed by atoms with E-state index in [0.29, 0.717) is 10.5 Å². The summed E-state index contributed by atoms with van der Waals surface area (Å²) in [5, 5.41) is 6.56. The van der Waals surface area contributed by atoms with Gasteiger partial charge in [0.15, 0.2) is 5.11 Å². The predicted molar refractivity (Wildman–Crippen MR) is 69.5 cm³/mol. The highest BCUT2D eigenvalue weighted by Gasteiger charge is 2.48. The van der Waals surface area contributed by atoms with Gasteiger partial charge in [-0.25, -0.2) is 8.78 Å². The molecule has 3 rings (SSSR count). The van der Waals surface area contributed by atoms with Gasteiger partial charge in [0.05, 0.1) is 5.69 Å². The molecule has 2 saturated heterocycles. The van der Waals surface area contributed by atoms with Gasteiger partial charge in [-0.15, -0.1) is 0 Å². The average molecular weight is 269 g/mol. The van der Waals surface area contributed by atoms with Crippen LogP contribution in [0.25, 0.3) is 0 Å². The fourth-order valence-electron chi connectivity index (χ4n) is 2.39. The van der Waals surface area contributed by atoms with E-state index >= 15 is 0 Å². The lowest BCUT2D eigenvalue weighted by atomic mass is 9.75. The summed E-state index contributed by atoms with van der Waals surface area (Å²) in [7, 11) is 0. The molecule has 0 aromatic heterocycles. The first-order chi connectivity index (χ1) is 8.58. The van der Waals surface area contributed by atoms with Crippen LogP contribution in [0.15, 0.2) is 18.2 Å². The van der Waals surface area contributed by atoms with Gasteiger partial charge in [-0.05, 0) is 24.4 Å². The Morgan fingerprint density at radius 1 is 1.33 bits per heavy atom. The van der Waals surface area contributed by atoms with E-state index in [1.54, 1.807) is 0 Å². The third-order valence-corrected chi connectivity index (χ3v) is 3.87. The minimum Gasteiger partial charge on any atom is -0.348 e. The third kappa shape index (κ3) is 1.95. The quantitative estimate of drug-likeness (QED) is 0.757. The zero-order valence-electron chi connectivity index (χ0n) is 9.67. The van der Waals surface area contributed by atoms with Gasteiger partial charge >= 0.3 is 0 Å². The van der Waals surface area contributed by atoms with Crippen molar-refractivity contribution < 1.29 is 8.78 Å². The molecule has 0 atom stereocenters. The Bertz CT molecular complexity index is 494. The van der Waals surface area contributed by atoms with Gasteiger partial charge in [-0.1, -0.05) is 0 Å². The number of halogens is 2. The Balaban J connectivity index is 1.61. The van der Waals surface area contributed by atoms with Gasteiger partial charge < -0.3 is 15.5 Å². The van der Waals surface area contributed by atoms with E-state index in [0.717, 1.165) is 32.2 Å². The van der Waals surface area contributed by atoms with Crippen molar-refractivity contribution in [3.8, 4) is 0 Å². The number of thiocarbonyl (C=S) groups is 1. The molecule has 3 nitrogen and oxygen atoms in total. The Kier molecular flexibility index (Phi) is 2.71. The second kappa shape index (κ2) is 4.13. The van der Waals surface area contributed by atoms with E-state index in [1.807, 2.05) is 4.90 Å². The molecule has 2 N–H and O–H groups in total. The van der Waals surface area contributed by atoms with Gasteiger partial charge in [0.1, 0.15) is 11.6 Å². The molecule has 2 heterocycles. The number of hydrogen-bond acceptors (Lipinski definition) is 2. The van der Waals surface area contributed by atoms with E-state index in [9.17, 15) is 8.78 Å². The number of likely N-dealkylation sites (tertiary alicyclic amines) is 1. The summed E-state index contributed by atoms with van der Waals surface area (Å²) >= 11 is 5.21. The van der Waals surface area contributed by atoms with Crippen molar-refractivity contribution >= 4 is 23.0 Å². The molecule has 2 aliphatic heterocycles. The van der Waals surface area contributed by atoms with Gasteiger partial charge in [0.25, 0.3) is 0 Å². The number of nitrogens with zero attached hydrogens (tertiary/aromatic N) is 1. The van der Waals surface area contributed by atoms with Gasteiger partial charge in [0.2, 0.25) is 0 Å². The molecule has 2 aliphatic rings. The normalized spacial score (nSPS) is 20.2. The summed E-state index contributed by atoms with van der Waals surface area (Å²) in [6.45, 7) is 3.84. The van der Waals surface area contributed by atoms with Crippen LogP contribution in [0.1, 0.15) is 0 Å². The monoisotopic (exact) mass is 269 g/mol. The first-order valence-electron chi connectivity index (χ1n) is 5.80. The van der Waals surface area contributed by atoms with Crippen LogP contribution in [0.2, 0.25) is 0 Å². The largest absolute Gasteiger partial charge is 0.348 e. The lowest BCUT2D eigenvalue weighted by Gasteiger charge is -2.56. The number of nitrogens with one attached hydrogen (secondary N) is 2. The highest BCUT2D eigenvalue weighted by atomic mass is 32.1. The Labute approximate surface area is 109 Å². The van der Waals surface area contributed by atoms with Crippen molar-refractivity contribution in [1.82, 2.24) is 10.2 Å². The summed E-state index contributed by atoms with van der Waals surface area (Å²) in [6.07, 6.45) is 0. The summed E-state index contributed by atoms with van der Waals surface area (Å²) in [6, 6.07) is 3.41. The summed E-state index contributed by atoms with van der Waals surface area (Å²) in [5.41, 5.74) is 0.585. The number of benzene rings is 1. The summed E-state index contributed by atoms with van der Waals surface area (Å²) in [4.78, 5) is 2.00. The third-order valence-electron chi connectivity index (χ3n) is 3.51. The maximum Gasteiger partial charge on any atom is 0.173 e. The molecule has 1 aromatic carbocycles. The van der Waals surface area contributed by atoms with E-state index < -0.39 is 11.6 Å². The van der Waals surface area contributed by atoms with E-state index in [-0.39, 0.29) is 5.69 Å². The minimum atomic E-state index is -0.627. The van der Waals surface area contributed by atoms with Crippen molar-refractivity contribution in [1.29, 1.82) is 0 Å². The SMILES string of the molecule is Fc1ccc(NC(=S)N2CC3(CNC3)C2)c(F)c1. The minimum absolute atomic E-state index is 0.217. The summed E-state index contributed by atoms with van der Waals surface area (Å²) in [5.74, 6) is -1.22. The lowest BCUT2D eigenvalue weighted by Crippen LogP contribution is -2.72. The smallest absolute Gasteiger partial charge is 0.173 e.